The summed E-state index contributed by atoms with van der Waals surface area (Å²) >= 11 is 5.78. The van der Waals surface area contributed by atoms with Gasteiger partial charge in [-0.1, -0.05) is 23.7 Å². The van der Waals surface area contributed by atoms with Gasteiger partial charge < -0.3 is 10.2 Å². The highest BCUT2D eigenvalue weighted by atomic mass is 35.5. The molecule has 0 heterocycles. The van der Waals surface area contributed by atoms with Gasteiger partial charge in [-0.05, 0) is 17.7 Å². The van der Waals surface area contributed by atoms with Gasteiger partial charge in [0.1, 0.15) is 0 Å². The second-order valence-corrected chi connectivity index (χ2v) is 3.97. The van der Waals surface area contributed by atoms with Crippen molar-refractivity contribution in [2.24, 2.45) is 0 Å². The number of nitrogens with zero attached hydrogens (tertiary/aromatic N) is 2. The molecule has 92 valence electrons. The van der Waals surface area contributed by atoms with E-state index in [0.717, 1.165) is 11.8 Å². The van der Waals surface area contributed by atoms with Crippen LogP contribution >= 0.6 is 11.6 Å². The molecule has 0 aliphatic heterocycles. The second kappa shape index (κ2) is 6.10. The molecule has 6 heteroatoms. The summed E-state index contributed by atoms with van der Waals surface area (Å²) in [5.41, 5.74) is 1.03. The number of nitrogens with one attached hydrogen (secondary N) is 1. The SMILES string of the molecule is CNC(=C[N+](=O)[O-])N(C)Cc1ccc(Cl)cc1. The van der Waals surface area contributed by atoms with Crippen molar-refractivity contribution < 1.29 is 4.92 Å². The number of rotatable bonds is 5. The molecule has 1 rings (SSSR count). The van der Waals surface area contributed by atoms with Crippen molar-refractivity contribution in [1.82, 2.24) is 10.2 Å². The lowest BCUT2D eigenvalue weighted by atomic mass is 10.2. The van der Waals surface area contributed by atoms with E-state index in [1.807, 2.05) is 12.1 Å². The highest BCUT2D eigenvalue weighted by Gasteiger charge is 2.07. The molecule has 0 atom stereocenters. The fraction of sp³-hybridized carbons (Fsp3) is 0.273. The standard InChI is InChI=1S/C11H14ClN3O2/c1-13-11(8-15(16)17)14(2)7-9-3-5-10(12)6-4-9/h3-6,8,13H,7H2,1-2H3. The molecule has 0 spiro atoms. The van der Waals surface area contributed by atoms with Crippen LogP contribution in [-0.2, 0) is 6.54 Å². The van der Waals surface area contributed by atoms with Crippen LogP contribution in [0.2, 0.25) is 5.02 Å². The smallest absolute Gasteiger partial charge is 0.274 e. The van der Waals surface area contributed by atoms with Crippen LogP contribution in [0.25, 0.3) is 0 Å². The molecular formula is C11H14ClN3O2. The minimum Gasteiger partial charge on any atom is -0.370 e. The number of hydrogen-bond donors (Lipinski definition) is 1. The average molecular weight is 256 g/mol. The third-order valence-corrected chi connectivity index (χ3v) is 2.48. The Morgan fingerprint density at radius 2 is 2.12 bits per heavy atom. The molecule has 1 aromatic rings. The van der Waals surface area contributed by atoms with Gasteiger partial charge in [0.15, 0.2) is 5.82 Å². The first-order valence-electron chi connectivity index (χ1n) is 5.01. The lowest BCUT2D eigenvalue weighted by molar-refractivity contribution is -0.404. The zero-order chi connectivity index (χ0) is 12.8. The Balaban J connectivity index is 2.73. The number of nitro groups is 1. The minimum absolute atomic E-state index is 0.449. The minimum atomic E-state index is -0.482. The zero-order valence-electron chi connectivity index (χ0n) is 9.68. The van der Waals surface area contributed by atoms with Crippen LogP contribution < -0.4 is 5.32 Å². The van der Waals surface area contributed by atoms with E-state index in [1.165, 1.54) is 0 Å². The van der Waals surface area contributed by atoms with Crippen molar-refractivity contribution in [3.63, 3.8) is 0 Å². The van der Waals surface area contributed by atoms with Crippen LogP contribution in [0, 0.1) is 10.1 Å². The predicted molar refractivity (Wildman–Crippen MR) is 67.1 cm³/mol. The summed E-state index contributed by atoms with van der Waals surface area (Å²) in [5, 5.41) is 13.9. The molecule has 0 aliphatic rings. The van der Waals surface area contributed by atoms with E-state index in [-0.39, 0.29) is 0 Å². The Bertz CT molecular complexity index is 417. The van der Waals surface area contributed by atoms with Crippen molar-refractivity contribution in [2.45, 2.75) is 6.54 Å². The first-order chi connectivity index (χ1) is 8.02. The molecule has 0 radical (unpaired) electrons. The van der Waals surface area contributed by atoms with Crippen LogP contribution in [-0.4, -0.2) is 23.9 Å². The van der Waals surface area contributed by atoms with Gasteiger partial charge in [0.25, 0.3) is 6.20 Å². The monoisotopic (exact) mass is 255 g/mol. The Morgan fingerprint density at radius 1 is 1.53 bits per heavy atom. The van der Waals surface area contributed by atoms with E-state index in [0.29, 0.717) is 17.4 Å². The largest absolute Gasteiger partial charge is 0.370 e. The average Bonchev–Trinajstić information content (AvgIpc) is 2.28. The van der Waals surface area contributed by atoms with Gasteiger partial charge in [0.2, 0.25) is 0 Å². The first-order valence-corrected chi connectivity index (χ1v) is 5.39. The molecule has 0 amide bonds. The molecule has 0 fully saturated rings. The lowest BCUT2D eigenvalue weighted by Gasteiger charge is -2.20. The van der Waals surface area contributed by atoms with E-state index in [2.05, 4.69) is 5.32 Å². The van der Waals surface area contributed by atoms with Gasteiger partial charge in [-0.25, -0.2) is 0 Å². The first kappa shape index (κ1) is 13.3. The van der Waals surface area contributed by atoms with E-state index in [9.17, 15) is 10.1 Å². The quantitative estimate of drug-likeness (QED) is 0.646. The van der Waals surface area contributed by atoms with E-state index in [1.54, 1.807) is 31.1 Å². The molecule has 0 saturated carbocycles. The second-order valence-electron chi connectivity index (χ2n) is 3.53. The molecule has 0 aliphatic carbocycles. The third-order valence-electron chi connectivity index (χ3n) is 2.23. The van der Waals surface area contributed by atoms with Gasteiger partial charge in [-0.2, -0.15) is 0 Å². The summed E-state index contributed by atoms with van der Waals surface area (Å²) < 4.78 is 0. The molecular weight excluding hydrogens is 242 g/mol. The molecule has 0 bridgehead atoms. The molecule has 0 aromatic heterocycles. The molecule has 17 heavy (non-hydrogen) atoms. The molecule has 0 saturated heterocycles. The predicted octanol–water partition coefficient (Wildman–Crippen LogP) is 2.07. The van der Waals surface area contributed by atoms with Crippen molar-refractivity contribution >= 4 is 11.6 Å². The van der Waals surface area contributed by atoms with Gasteiger partial charge >= 0.3 is 0 Å². The molecule has 5 nitrogen and oxygen atoms in total. The summed E-state index contributed by atoms with van der Waals surface area (Å²) in [5.74, 6) is 0.449. The molecule has 0 unspecified atom stereocenters. The van der Waals surface area contributed by atoms with Gasteiger partial charge in [-0.15, -0.1) is 0 Å². The van der Waals surface area contributed by atoms with Gasteiger partial charge in [-0.3, -0.25) is 10.1 Å². The highest BCUT2D eigenvalue weighted by Crippen LogP contribution is 2.12. The number of halogens is 1. The fourth-order valence-corrected chi connectivity index (χ4v) is 1.53. The highest BCUT2D eigenvalue weighted by molar-refractivity contribution is 6.30. The normalized spacial score (nSPS) is 11.1. The van der Waals surface area contributed by atoms with Crippen molar-refractivity contribution in [1.29, 1.82) is 0 Å². The molecule has 1 N–H and O–H groups in total. The summed E-state index contributed by atoms with van der Waals surface area (Å²) in [4.78, 5) is 11.7. The van der Waals surface area contributed by atoms with Crippen molar-refractivity contribution in [3.8, 4) is 0 Å². The third kappa shape index (κ3) is 4.32. The summed E-state index contributed by atoms with van der Waals surface area (Å²) in [6.45, 7) is 0.567. The summed E-state index contributed by atoms with van der Waals surface area (Å²) in [6, 6.07) is 7.36. The fourth-order valence-electron chi connectivity index (χ4n) is 1.40. The van der Waals surface area contributed by atoms with Crippen LogP contribution in [0.5, 0.6) is 0 Å². The van der Waals surface area contributed by atoms with Crippen LogP contribution in [0.1, 0.15) is 5.56 Å². The van der Waals surface area contributed by atoms with E-state index < -0.39 is 4.92 Å². The lowest BCUT2D eigenvalue weighted by Crippen LogP contribution is -2.26. The van der Waals surface area contributed by atoms with Crippen LogP contribution in [0.15, 0.2) is 36.3 Å². The number of benzene rings is 1. The van der Waals surface area contributed by atoms with Gasteiger partial charge in [0.05, 0.1) is 4.92 Å². The summed E-state index contributed by atoms with van der Waals surface area (Å²) in [6.07, 6.45) is 0.940. The van der Waals surface area contributed by atoms with Crippen LogP contribution in [0.3, 0.4) is 0 Å². The zero-order valence-corrected chi connectivity index (χ0v) is 10.4. The Morgan fingerprint density at radius 3 is 2.59 bits per heavy atom. The Kier molecular flexibility index (Phi) is 4.78. The van der Waals surface area contributed by atoms with E-state index in [4.69, 9.17) is 11.6 Å². The van der Waals surface area contributed by atoms with E-state index >= 15 is 0 Å². The van der Waals surface area contributed by atoms with Crippen molar-refractivity contribution in [3.05, 3.63) is 57.0 Å². The maximum Gasteiger partial charge on any atom is 0.274 e. The number of hydrogen-bond acceptors (Lipinski definition) is 4. The van der Waals surface area contributed by atoms with Crippen molar-refractivity contribution in [2.75, 3.05) is 14.1 Å². The topological polar surface area (TPSA) is 58.4 Å². The Hall–Kier alpha value is -1.75. The maximum atomic E-state index is 10.4. The van der Waals surface area contributed by atoms with Gasteiger partial charge in [0, 0.05) is 25.7 Å². The maximum absolute atomic E-state index is 10.4. The Labute approximate surface area is 105 Å². The van der Waals surface area contributed by atoms with Crippen LogP contribution in [0.4, 0.5) is 0 Å². The summed E-state index contributed by atoms with van der Waals surface area (Å²) in [7, 11) is 3.42. The molecule has 1 aromatic carbocycles.